The highest BCUT2D eigenvalue weighted by molar-refractivity contribution is 9.10. The molecule has 7 heteroatoms. The molecule has 2 aromatic rings. The zero-order chi connectivity index (χ0) is 15.6. The summed E-state index contributed by atoms with van der Waals surface area (Å²) >= 11 is 3.28. The van der Waals surface area contributed by atoms with E-state index in [1.54, 1.807) is 43.3 Å². The Hall–Kier alpha value is -1.73. The Morgan fingerprint density at radius 2 is 1.90 bits per heavy atom. The van der Waals surface area contributed by atoms with Gasteiger partial charge in [-0.2, -0.15) is 0 Å². The summed E-state index contributed by atoms with van der Waals surface area (Å²) < 4.78 is 33.2. The monoisotopic (exact) mass is 370 g/mol. The third kappa shape index (κ3) is 3.48. The van der Waals surface area contributed by atoms with Crippen LogP contribution in [0, 0.1) is 6.92 Å². The smallest absolute Gasteiger partial charge is 0.262 e. The molecule has 2 rings (SSSR count). The number of hydrogen-bond acceptors (Lipinski definition) is 4. The standard InChI is InChI=1S/C14H15BrN2O3S/c1-9-3-4-10(15)7-14(9)21(18,19)17-11-5-6-12(16)13(8-11)20-2/h3-8,17H,16H2,1-2H3. The Morgan fingerprint density at radius 3 is 2.57 bits per heavy atom. The molecule has 5 nitrogen and oxygen atoms in total. The van der Waals surface area contributed by atoms with E-state index >= 15 is 0 Å². The first kappa shape index (κ1) is 15.7. The van der Waals surface area contributed by atoms with Gasteiger partial charge in [-0.3, -0.25) is 4.72 Å². The second-order valence-corrected chi connectivity index (χ2v) is 7.04. The van der Waals surface area contributed by atoms with Crippen molar-refractivity contribution in [2.24, 2.45) is 0 Å². The highest BCUT2D eigenvalue weighted by atomic mass is 79.9. The third-order valence-corrected chi connectivity index (χ3v) is 4.94. The molecule has 0 fully saturated rings. The van der Waals surface area contributed by atoms with Crippen molar-refractivity contribution in [1.82, 2.24) is 0 Å². The topological polar surface area (TPSA) is 81.4 Å². The molecule has 0 radical (unpaired) electrons. The van der Waals surface area contributed by atoms with Gasteiger partial charge in [0.2, 0.25) is 0 Å². The summed E-state index contributed by atoms with van der Waals surface area (Å²) in [5, 5.41) is 0. The number of nitrogen functional groups attached to an aromatic ring is 1. The lowest BCUT2D eigenvalue weighted by molar-refractivity contribution is 0.417. The Balaban J connectivity index is 2.40. The fourth-order valence-electron chi connectivity index (χ4n) is 1.85. The van der Waals surface area contributed by atoms with E-state index in [-0.39, 0.29) is 4.90 Å². The third-order valence-electron chi connectivity index (χ3n) is 2.93. The Bertz CT molecular complexity index is 776. The SMILES string of the molecule is COc1cc(NS(=O)(=O)c2cc(Br)ccc2C)ccc1N. The second kappa shape index (κ2) is 5.95. The molecular formula is C14H15BrN2O3S. The normalized spacial score (nSPS) is 11.2. The van der Waals surface area contributed by atoms with Gasteiger partial charge >= 0.3 is 0 Å². The molecule has 0 aliphatic rings. The lowest BCUT2D eigenvalue weighted by Crippen LogP contribution is -2.14. The van der Waals surface area contributed by atoms with Gasteiger partial charge in [0.1, 0.15) is 5.75 Å². The molecule has 0 saturated heterocycles. The molecule has 0 aromatic heterocycles. The molecule has 21 heavy (non-hydrogen) atoms. The summed E-state index contributed by atoms with van der Waals surface area (Å²) in [6, 6.07) is 9.81. The molecule has 0 aliphatic carbocycles. The number of benzene rings is 2. The highest BCUT2D eigenvalue weighted by Crippen LogP contribution is 2.28. The number of nitrogens with two attached hydrogens (primary N) is 1. The predicted molar refractivity (Wildman–Crippen MR) is 87.1 cm³/mol. The number of methoxy groups -OCH3 is 1. The molecule has 2 aromatic carbocycles. The van der Waals surface area contributed by atoms with Gasteiger partial charge in [0.15, 0.2) is 0 Å². The molecule has 0 aliphatic heterocycles. The highest BCUT2D eigenvalue weighted by Gasteiger charge is 2.18. The summed E-state index contributed by atoms with van der Waals surface area (Å²) in [4.78, 5) is 0.215. The van der Waals surface area contributed by atoms with E-state index in [0.717, 1.165) is 0 Å². The first-order chi connectivity index (χ1) is 9.83. The number of sulfonamides is 1. The van der Waals surface area contributed by atoms with Crippen LogP contribution in [-0.4, -0.2) is 15.5 Å². The lowest BCUT2D eigenvalue weighted by atomic mass is 10.2. The van der Waals surface area contributed by atoms with Crippen LogP contribution in [0.15, 0.2) is 45.8 Å². The van der Waals surface area contributed by atoms with Crippen LogP contribution in [0.3, 0.4) is 0 Å². The molecule has 0 saturated carbocycles. The van der Waals surface area contributed by atoms with Crippen molar-refractivity contribution in [3.8, 4) is 5.75 Å². The van der Waals surface area contributed by atoms with Gasteiger partial charge in [0, 0.05) is 10.5 Å². The van der Waals surface area contributed by atoms with Gasteiger partial charge in [0.05, 0.1) is 23.4 Å². The molecule has 112 valence electrons. The average molecular weight is 371 g/mol. The fraction of sp³-hybridized carbons (Fsp3) is 0.143. The number of rotatable bonds is 4. The number of hydrogen-bond donors (Lipinski definition) is 2. The predicted octanol–water partition coefficient (Wildman–Crippen LogP) is 3.15. The van der Waals surface area contributed by atoms with Crippen molar-refractivity contribution in [3.05, 3.63) is 46.4 Å². The van der Waals surface area contributed by atoms with E-state index in [0.29, 0.717) is 27.2 Å². The van der Waals surface area contributed by atoms with Crippen molar-refractivity contribution < 1.29 is 13.2 Å². The van der Waals surface area contributed by atoms with Crippen LogP contribution in [0.4, 0.5) is 11.4 Å². The summed E-state index contributed by atoms with van der Waals surface area (Å²) in [5.74, 6) is 0.418. The quantitative estimate of drug-likeness (QED) is 0.809. The van der Waals surface area contributed by atoms with E-state index in [4.69, 9.17) is 10.5 Å². The van der Waals surface area contributed by atoms with Crippen LogP contribution in [0.2, 0.25) is 0 Å². The molecule has 0 heterocycles. The van der Waals surface area contributed by atoms with E-state index in [1.807, 2.05) is 0 Å². The molecule has 0 atom stereocenters. The minimum Gasteiger partial charge on any atom is -0.495 e. The first-order valence-electron chi connectivity index (χ1n) is 6.06. The Labute approximate surface area is 132 Å². The Morgan fingerprint density at radius 1 is 1.19 bits per heavy atom. The van der Waals surface area contributed by atoms with Crippen LogP contribution in [-0.2, 0) is 10.0 Å². The van der Waals surface area contributed by atoms with Gasteiger partial charge < -0.3 is 10.5 Å². The maximum absolute atomic E-state index is 12.5. The number of nitrogens with one attached hydrogen (secondary N) is 1. The minimum absolute atomic E-state index is 0.215. The van der Waals surface area contributed by atoms with E-state index < -0.39 is 10.0 Å². The number of aryl methyl sites for hydroxylation is 1. The molecule has 0 bridgehead atoms. The number of ether oxygens (including phenoxy) is 1. The average Bonchev–Trinajstić information content (AvgIpc) is 2.43. The molecular weight excluding hydrogens is 356 g/mol. The zero-order valence-corrected chi connectivity index (χ0v) is 14.0. The van der Waals surface area contributed by atoms with Crippen LogP contribution >= 0.6 is 15.9 Å². The lowest BCUT2D eigenvalue weighted by Gasteiger charge is -2.12. The van der Waals surface area contributed by atoms with Gasteiger partial charge in [-0.15, -0.1) is 0 Å². The summed E-state index contributed by atoms with van der Waals surface area (Å²) in [6.07, 6.45) is 0. The molecule has 3 N–H and O–H groups in total. The van der Waals surface area contributed by atoms with Gasteiger partial charge in [-0.25, -0.2) is 8.42 Å². The largest absolute Gasteiger partial charge is 0.495 e. The number of halogens is 1. The van der Waals surface area contributed by atoms with Crippen molar-refractivity contribution in [1.29, 1.82) is 0 Å². The van der Waals surface area contributed by atoms with Crippen LogP contribution in [0.5, 0.6) is 5.75 Å². The maximum atomic E-state index is 12.5. The van der Waals surface area contributed by atoms with Crippen LogP contribution in [0.1, 0.15) is 5.56 Å². The van der Waals surface area contributed by atoms with Crippen molar-refractivity contribution in [2.75, 3.05) is 17.6 Å². The van der Waals surface area contributed by atoms with Crippen LogP contribution < -0.4 is 15.2 Å². The summed E-state index contributed by atoms with van der Waals surface area (Å²) in [7, 11) is -2.21. The number of anilines is 2. The molecule has 0 amide bonds. The van der Waals surface area contributed by atoms with E-state index in [1.165, 1.54) is 7.11 Å². The van der Waals surface area contributed by atoms with Gasteiger partial charge in [-0.1, -0.05) is 22.0 Å². The van der Waals surface area contributed by atoms with E-state index in [2.05, 4.69) is 20.7 Å². The fourth-order valence-corrected chi connectivity index (χ4v) is 3.68. The van der Waals surface area contributed by atoms with Crippen molar-refractivity contribution in [3.63, 3.8) is 0 Å². The van der Waals surface area contributed by atoms with E-state index in [9.17, 15) is 8.42 Å². The van der Waals surface area contributed by atoms with Gasteiger partial charge in [0.25, 0.3) is 10.0 Å². The summed E-state index contributed by atoms with van der Waals surface area (Å²) in [6.45, 7) is 1.74. The zero-order valence-electron chi connectivity index (χ0n) is 11.6. The Kier molecular flexibility index (Phi) is 4.43. The summed E-state index contributed by atoms with van der Waals surface area (Å²) in [5.41, 5.74) is 7.20. The van der Waals surface area contributed by atoms with Crippen molar-refractivity contribution >= 4 is 37.3 Å². The van der Waals surface area contributed by atoms with Gasteiger partial charge in [-0.05, 0) is 36.8 Å². The van der Waals surface area contributed by atoms with Crippen molar-refractivity contribution in [2.45, 2.75) is 11.8 Å². The minimum atomic E-state index is -3.68. The van der Waals surface area contributed by atoms with Crippen LogP contribution in [0.25, 0.3) is 0 Å². The molecule has 0 spiro atoms. The molecule has 0 unspecified atom stereocenters. The first-order valence-corrected chi connectivity index (χ1v) is 8.33. The second-order valence-electron chi connectivity index (χ2n) is 4.47. The maximum Gasteiger partial charge on any atom is 0.262 e.